The van der Waals surface area contributed by atoms with E-state index in [0.29, 0.717) is 12.5 Å². The van der Waals surface area contributed by atoms with Crippen LogP contribution in [-0.2, 0) is 11.2 Å². The number of aromatic nitrogens is 2. The summed E-state index contributed by atoms with van der Waals surface area (Å²) in [5, 5.41) is 4.51. The van der Waals surface area contributed by atoms with Gasteiger partial charge in [-0.05, 0) is 37.7 Å². The van der Waals surface area contributed by atoms with Gasteiger partial charge in [0.2, 0.25) is 0 Å². The van der Waals surface area contributed by atoms with Crippen molar-refractivity contribution in [2.24, 2.45) is 0 Å². The second-order valence-electron chi connectivity index (χ2n) is 6.11. The summed E-state index contributed by atoms with van der Waals surface area (Å²) in [4.78, 5) is 11.9. The average molecular weight is 322 g/mol. The molecule has 1 aromatic rings. The number of aldehydes is 1. The van der Waals surface area contributed by atoms with E-state index < -0.39 is 0 Å². The number of likely N-dealkylation sites (tertiary alicyclic amines) is 1. The highest BCUT2D eigenvalue weighted by molar-refractivity contribution is 5.48. The number of hydrogen-bond acceptors (Lipinski definition) is 3. The van der Waals surface area contributed by atoms with Crippen LogP contribution in [0.15, 0.2) is 12.4 Å². The highest BCUT2D eigenvalue weighted by atomic mass is 16.1. The van der Waals surface area contributed by atoms with E-state index in [1.807, 2.05) is 27.0 Å². The molecule has 132 valence electrons. The number of aryl methyl sites for hydroxylation is 1. The zero-order valence-corrected chi connectivity index (χ0v) is 15.5. The average Bonchev–Trinajstić information content (AvgIpc) is 3.05. The monoisotopic (exact) mass is 321 g/mol. The second kappa shape index (κ2) is 11.4. The Bertz CT molecular complexity index is 418. The van der Waals surface area contributed by atoms with Crippen molar-refractivity contribution in [2.45, 2.75) is 84.7 Å². The summed E-state index contributed by atoms with van der Waals surface area (Å²) in [5.74, 6) is 0. The minimum Gasteiger partial charge on any atom is -0.303 e. The van der Waals surface area contributed by atoms with E-state index in [1.165, 1.54) is 50.8 Å². The van der Waals surface area contributed by atoms with Crippen LogP contribution in [0.5, 0.6) is 0 Å². The molecular formula is C19H35N3O. The van der Waals surface area contributed by atoms with Crippen molar-refractivity contribution in [1.82, 2.24) is 14.7 Å². The molecule has 3 rings (SSSR count). The first kappa shape index (κ1) is 19.9. The molecule has 1 aromatic heterocycles. The number of carbonyl (C=O) groups is 1. The predicted molar refractivity (Wildman–Crippen MR) is 96.8 cm³/mol. The summed E-state index contributed by atoms with van der Waals surface area (Å²) in [6, 6.07) is 1.56. The van der Waals surface area contributed by atoms with Crippen LogP contribution in [0.3, 0.4) is 0 Å². The maximum atomic E-state index is 9.17. The Hall–Kier alpha value is -1.16. The molecule has 0 radical (unpaired) electrons. The van der Waals surface area contributed by atoms with Crippen LogP contribution in [-0.4, -0.2) is 40.1 Å². The minimum absolute atomic E-state index is 0.639. The Balaban J connectivity index is 0.000000388. The number of hydrogen-bond donors (Lipinski definition) is 0. The fourth-order valence-corrected chi connectivity index (χ4v) is 3.03. The zero-order chi connectivity index (χ0) is 17.1. The fourth-order valence-electron chi connectivity index (χ4n) is 3.03. The molecule has 0 aromatic carbocycles. The summed E-state index contributed by atoms with van der Waals surface area (Å²) >= 11 is 0. The van der Waals surface area contributed by atoms with Gasteiger partial charge in [0.15, 0.2) is 0 Å². The molecule has 1 aliphatic heterocycles. The molecule has 4 heteroatoms. The van der Waals surface area contributed by atoms with Crippen LogP contribution >= 0.6 is 0 Å². The van der Waals surface area contributed by atoms with Gasteiger partial charge < -0.3 is 9.69 Å². The van der Waals surface area contributed by atoms with Crippen molar-refractivity contribution in [1.29, 1.82) is 0 Å². The minimum atomic E-state index is 0.639. The first-order chi connectivity index (χ1) is 11.3. The van der Waals surface area contributed by atoms with Crippen LogP contribution in [0.4, 0.5) is 0 Å². The molecule has 23 heavy (non-hydrogen) atoms. The summed E-state index contributed by atoms with van der Waals surface area (Å²) in [5.41, 5.74) is 1.37. The summed E-state index contributed by atoms with van der Waals surface area (Å²) < 4.78 is 2.21. The Labute approximate surface area is 142 Å². The smallest absolute Gasteiger partial charge is 0.119 e. The van der Waals surface area contributed by atoms with E-state index >= 15 is 0 Å². The Morgan fingerprint density at radius 3 is 2.13 bits per heavy atom. The van der Waals surface area contributed by atoms with E-state index in [2.05, 4.69) is 27.8 Å². The van der Waals surface area contributed by atoms with Crippen LogP contribution in [0, 0.1) is 0 Å². The van der Waals surface area contributed by atoms with Gasteiger partial charge in [0.25, 0.3) is 0 Å². The molecule has 0 spiro atoms. The lowest BCUT2D eigenvalue weighted by atomic mass is 9.89. The maximum absolute atomic E-state index is 9.17. The van der Waals surface area contributed by atoms with Gasteiger partial charge in [0.1, 0.15) is 6.29 Å². The number of carbonyl (C=O) groups excluding carboxylic acids is 1. The Morgan fingerprint density at radius 2 is 1.74 bits per heavy atom. The maximum Gasteiger partial charge on any atom is 0.119 e. The quantitative estimate of drug-likeness (QED) is 0.778. The largest absolute Gasteiger partial charge is 0.303 e. The van der Waals surface area contributed by atoms with Gasteiger partial charge in [-0.3, -0.25) is 4.68 Å². The molecule has 0 unspecified atom stereocenters. The molecule has 2 heterocycles. The molecular weight excluding hydrogens is 286 g/mol. The number of rotatable bonds is 4. The van der Waals surface area contributed by atoms with Crippen LogP contribution < -0.4 is 0 Å². The van der Waals surface area contributed by atoms with Gasteiger partial charge in [-0.15, -0.1) is 0 Å². The van der Waals surface area contributed by atoms with E-state index in [4.69, 9.17) is 0 Å². The van der Waals surface area contributed by atoms with E-state index in [0.717, 1.165) is 18.7 Å². The topological polar surface area (TPSA) is 38.1 Å². The molecule has 1 aliphatic carbocycles. The van der Waals surface area contributed by atoms with Crippen molar-refractivity contribution in [3.05, 3.63) is 18.0 Å². The molecule has 0 atom stereocenters. The first-order valence-electron chi connectivity index (χ1n) is 9.49. The molecule has 0 bridgehead atoms. The zero-order valence-electron chi connectivity index (χ0n) is 15.5. The normalized spacial score (nSPS) is 19.0. The highest BCUT2D eigenvalue weighted by Gasteiger charge is 2.29. The standard InChI is InChI=1S/C14H23N3.C3H6O.C2H6/c1-2-12-10-15-17(11-12)14-6-8-16(9-7-14)13-4-3-5-13;1-2-3-4;1-2/h10-11,13-14H,2-9H2,1H3;3H,2H2,1H3;1-2H3. The van der Waals surface area contributed by atoms with Gasteiger partial charge >= 0.3 is 0 Å². The third-order valence-corrected chi connectivity index (χ3v) is 4.69. The first-order valence-corrected chi connectivity index (χ1v) is 9.49. The van der Waals surface area contributed by atoms with Crippen molar-refractivity contribution in [2.75, 3.05) is 13.1 Å². The lowest BCUT2D eigenvalue weighted by Crippen LogP contribution is -2.45. The summed E-state index contributed by atoms with van der Waals surface area (Å²) in [6.07, 6.45) is 13.8. The van der Waals surface area contributed by atoms with Gasteiger partial charge in [0.05, 0.1) is 12.2 Å². The van der Waals surface area contributed by atoms with Crippen molar-refractivity contribution in [3.8, 4) is 0 Å². The molecule has 4 nitrogen and oxygen atoms in total. The number of nitrogens with zero attached hydrogens (tertiary/aromatic N) is 3. The van der Waals surface area contributed by atoms with E-state index in [9.17, 15) is 4.79 Å². The van der Waals surface area contributed by atoms with Gasteiger partial charge in [0, 0.05) is 31.7 Å². The number of piperidine rings is 1. The molecule has 1 saturated carbocycles. The van der Waals surface area contributed by atoms with Crippen LogP contribution in [0.2, 0.25) is 0 Å². The highest BCUT2D eigenvalue weighted by Crippen LogP contribution is 2.30. The van der Waals surface area contributed by atoms with Crippen molar-refractivity contribution < 1.29 is 4.79 Å². The van der Waals surface area contributed by atoms with Crippen molar-refractivity contribution >= 4 is 6.29 Å². The van der Waals surface area contributed by atoms with Crippen molar-refractivity contribution in [3.63, 3.8) is 0 Å². The van der Waals surface area contributed by atoms with E-state index in [-0.39, 0.29) is 0 Å². The summed E-state index contributed by atoms with van der Waals surface area (Å²) in [6.45, 7) is 10.6. The predicted octanol–water partition coefficient (Wildman–Crippen LogP) is 4.26. The fraction of sp³-hybridized carbons (Fsp3) is 0.789. The van der Waals surface area contributed by atoms with Crippen LogP contribution in [0.25, 0.3) is 0 Å². The van der Waals surface area contributed by atoms with Gasteiger partial charge in [-0.1, -0.05) is 34.1 Å². The van der Waals surface area contributed by atoms with E-state index in [1.54, 1.807) is 0 Å². The molecule has 2 fully saturated rings. The SMILES string of the molecule is CC.CCC=O.CCc1cnn(C2CCN(C3CCC3)CC2)c1. The Morgan fingerprint density at radius 1 is 1.13 bits per heavy atom. The molecule has 2 aliphatic rings. The lowest BCUT2D eigenvalue weighted by molar-refractivity contribution is -0.107. The third-order valence-electron chi connectivity index (χ3n) is 4.69. The summed E-state index contributed by atoms with van der Waals surface area (Å²) in [7, 11) is 0. The lowest BCUT2D eigenvalue weighted by Gasteiger charge is -2.41. The molecule has 0 N–H and O–H groups in total. The Kier molecular flexibility index (Phi) is 9.85. The third kappa shape index (κ3) is 6.09. The molecule has 0 amide bonds. The van der Waals surface area contributed by atoms with Gasteiger partial charge in [-0.2, -0.15) is 5.10 Å². The second-order valence-corrected chi connectivity index (χ2v) is 6.11. The van der Waals surface area contributed by atoms with Gasteiger partial charge in [-0.25, -0.2) is 0 Å². The van der Waals surface area contributed by atoms with Crippen LogP contribution in [0.1, 0.15) is 77.8 Å². The molecule has 1 saturated heterocycles.